The maximum atomic E-state index is 11.7. The number of hydrogen-bond donors (Lipinski definition) is 1. The monoisotopic (exact) mass is 284 g/mol. The number of hydrogen-bond acceptors (Lipinski definition) is 4. The van der Waals surface area contributed by atoms with Gasteiger partial charge in [0.25, 0.3) is 0 Å². The highest BCUT2D eigenvalue weighted by atomic mass is 16.5. The third-order valence-corrected chi connectivity index (χ3v) is 4.27. The first kappa shape index (κ1) is 17.4. The molecule has 0 aromatic carbocycles. The van der Waals surface area contributed by atoms with E-state index in [1.807, 2.05) is 6.92 Å². The summed E-state index contributed by atoms with van der Waals surface area (Å²) >= 11 is 0. The minimum Gasteiger partial charge on any atom is -0.465 e. The Hall–Kier alpha value is -0.610. The van der Waals surface area contributed by atoms with Crippen LogP contribution < -0.4 is 5.73 Å². The minimum atomic E-state index is -0.846. The molecule has 4 nitrogen and oxygen atoms in total. The van der Waals surface area contributed by atoms with Crippen LogP contribution in [0, 0.1) is 5.92 Å². The molecule has 1 fully saturated rings. The summed E-state index contributed by atoms with van der Waals surface area (Å²) in [7, 11) is 2.17. The Balaban J connectivity index is 2.20. The van der Waals surface area contributed by atoms with E-state index in [-0.39, 0.29) is 5.97 Å². The fourth-order valence-corrected chi connectivity index (χ4v) is 3.02. The number of nitrogens with zero attached hydrogens (tertiary/aromatic N) is 1. The topological polar surface area (TPSA) is 55.6 Å². The largest absolute Gasteiger partial charge is 0.465 e. The molecule has 2 N–H and O–H groups in total. The van der Waals surface area contributed by atoms with Crippen molar-refractivity contribution in [3.05, 3.63) is 0 Å². The third kappa shape index (κ3) is 6.23. The van der Waals surface area contributed by atoms with Gasteiger partial charge < -0.3 is 15.4 Å². The summed E-state index contributed by atoms with van der Waals surface area (Å²) in [6.07, 6.45) is 8.56. The summed E-state index contributed by atoms with van der Waals surface area (Å²) in [6.45, 7) is 6.16. The molecule has 118 valence electrons. The zero-order valence-corrected chi connectivity index (χ0v) is 13.5. The Kier molecular flexibility index (Phi) is 7.52. The molecule has 0 radical (unpaired) electrons. The smallest absolute Gasteiger partial charge is 0.325 e. The molecule has 1 aliphatic rings. The molecular weight excluding hydrogens is 252 g/mol. The fraction of sp³-hybridized carbons (Fsp3) is 0.938. The molecule has 4 heteroatoms. The Morgan fingerprint density at radius 1 is 1.35 bits per heavy atom. The lowest BCUT2D eigenvalue weighted by molar-refractivity contribution is -0.149. The van der Waals surface area contributed by atoms with E-state index in [0.717, 1.165) is 18.9 Å². The van der Waals surface area contributed by atoms with Crippen molar-refractivity contribution in [1.29, 1.82) is 0 Å². The van der Waals surface area contributed by atoms with Gasteiger partial charge >= 0.3 is 5.97 Å². The van der Waals surface area contributed by atoms with E-state index in [4.69, 9.17) is 10.5 Å². The molecule has 0 bridgehead atoms. The summed E-state index contributed by atoms with van der Waals surface area (Å²) in [5.74, 6) is 0.581. The molecule has 0 amide bonds. The van der Waals surface area contributed by atoms with Crippen LogP contribution in [0.5, 0.6) is 0 Å². The summed E-state index contributed by atoms with van der Waals surface area (Å²) < 4.78 is 5.01. The SMILES string of the molecule is CCOC(=O)C(C)(N)CCCN(C)CC1CCCCC1. The molecule has 0 spiro atoms. The van der Waals surface area contributed by atoms with Crippen molar-refractivity contribution in [3.63, 3.8) is 0 Å². The van der Waals surface area contributed by atoms with Crippen molar-refractivity contribution in [3.8, 4) is 0 Å². The van der Waals surface area contributed by atoms with Crippen LogP contribution in [0.25, 0.3) is 0 Å². The zero-order valence-electron chi connectivity index (χ0n) is 13.5. The lowest BCUT2D eigenvalue weighted by Crippen LogP contribution is -2.46. The molecular formula is C16H32N2O2. The van der Waals surface area contributed by atoms with Crippen LogP contribution in [-0.2, 0) is 9.53 Å². The van der Waals surface area contributed by atoms with Gasteiger partial charge in [0.05, 0.1) is 6.61 Å². The Morgan fingerprint density at radius 3 is 2.60 bits per heavy atom. The number of ether oxygens (including phenoxy) is 1. The van der Waals surface area contributed by atoms with Gasteiger partial charge in [-0.15, -0.1) is 0 Å². The van der Waals surface area contributed by atoms with Crippen molar-refractivity contribution in [2.45, 2.75) is 64.3 Å². The molecule has 1 rings (SSSR count). The predicted octanol–water partition coefficient (Wildman–Crippen LogP) is 2.56. The first-order chi connectivity index (χ1) is 9.45. The van der Waals surface area contributed by atoms with Crippen LogP contribution in [0.15, 0.2) is 0 Å². The maximum Gasteiger partial charge on any atom is 0.325 e. The van der Waals surface area contributed by atoms with Crippen LogP contribution >= 0.6 is 0 Å². The van der Waals surface area contributed by atoms with Crippen LogP contribution in [0.1, 0.15) is 58.8 Å². The Morgan fingerprint density at radius 2 is 2.00 bits per heavy atom. The van der Waals surface area contributed by atoms with Crippen LogP contribution in [0.3, 0.4) is 0 Å². The number of carbonyl (C=O) groups is 1. The maximum absolute atomic E-state index is 11.7. The molecule has 1 aliphatic carbocycles. The van der Waals surface area contributed by atoms with Gasteiger partial charge in [-0.25, -0.2) is 0 Å². The van der Waals surface area contributed by atoms with Crippen LogP contribution in [0.2, 0.25) is 0 Å². The Bertz CT molecular complexity index is 286. The molecule has 0 saturated heterocycles. The zero-order chi connectivity index (χ0) is 15.0. The second-order valence-corrected chi connectivity index (χ2v) is 6.51. The summed E-state index contributed by atoms with van der Waals surface area (Å²) in [5.41, 5.74) is 5.18. The van der Waals surface area contributed by atoms with Crippen molar-refractivity contribution >= 4 is 5.97 Å². The van der Waals surface area contributed by atoms with Gasteiger partial charge in [-0.1, -0.05) is 19.3 Å². The highest BCUT2D eigenvalue weighted by Crippen LogP contribution is 2.24. The van der Waals surface area contributed by atoms with Gasteiger partial charge in [0.15, 0.2) is 0 Å². The molecule has 0 aliphatic heterocycles. The highest BCUT2D eigenvalue weighted by molar-refractivity contribution is 5.79. The first-order valence-corrected chi connectivity index (χ1v) is 8.10. The van der Waals surface area contributed by atoms with E-state index in [0.29, 0.717) is 13.0 Å². The summed E-state index contributed by atoms with van der Waals surface area (Å²) in [6, 6.07) is 0. The van der Waals surface area contributed by atoms with Gasteiger partial charge in [-0.3, -0.25) is 4.79 Å². The quantitative estimate of drug-likeness (QED) is 0.696. The van der Waals surface area contributed by atoms with Crippen LogP contribution in [-0.4, -0.2) is 43.2 Å². The van der Waals surface area contributed by atoms with E-state index in [2.05, 4.69) is 11.9 Å². The van der Waals surface area contributed by atoms with Gasteiger partial charge in [-0.05, 0) is 59.0 Å². The lowest BCUT2D eigenvalue weighted by Gasteiger charge is -2.28. The number of nitrogens with two attached hydrogens (primary N) is 1. The first-order valence-electron chi connectivity index (χ1n) is 8.10. The van der Waals surface area contributed by atoms with Gasteiger partial charge in [0.2, 0.25) is 0 Å². The van der Waals surface area contributed by atoms with Gasteiger partial charge in [-0.2, -0.15) is 0 Å². The summed E-state index contributed by atoms with van der Waals surface area (Å²) in [5, 5.41) is 0. The average Bonchev–Trinajstić information content (AvgIpc) is 2.39. The number of esters is 1. The standard InChI is InChI=1S/C16H32N2O2/c1-4-20-15(19)16(2,17)11-8-12-18(3)13-14-9-6-5-7-10-14/h14H,4-13,17H2,1-3H3. The molecule has 20 heavy (non-hydrogen) atoms. The van der Waals surface area contributed by atoms with Crippen molar-refractivity contribution in [1.82, 2.24) is 4.90 Å². The Labute approximate surface area is 124 Å². The molecule has 1 unspecified atom stereocenters. The van der Waals surface area contributed by atoms with Gasteiger partial charge in [0.1, 0.15) is 5.54 Å². The molecule has 1 saturated carbocycles. The molecule has 0 aromatic heterocycles. The fourth-order valence-electron chi connectivity index (χ4n) is 3.02. The van der Waals surface area contributed by atoms with Crippen LogP contribution in [0.4, 0.5) is 0 Å². The molecule has 1 atom stereocenters. The van der Waals surface area contributed by atoms with Crippen molar-refractivity contribution in [2.24, 2.45) is 11.7 Å². The van der Waals surface area contributed by atoms with Crippen molar-refractivity contribution in [2.75, 3.05) is 26.7 Å². The number of rotatable bonds is 8. The minimum absolute atomic E-state index is 0.282. The van der Waals surface area contributed by atoms with Crippen molar-refractivity contribution < 1.29 is 9.53 Å². The second kappa shape index (κ2) is 8.63. The number of carbonyl (C=O) groups excluding carboxylic acids is 1. The molecule has 0 heterocycles. The predicted molar refractivity (Wildman–Crippen MR) is 82.5 cm³/mol. The average molecular weight is 284 g/mol. The van der Waals surface area contributed by atoms with E-state index >= 15 is 0 Å². The third-order valence-electron chi connectivity index (χ3n) is 4.27. The molecule has 0 aromatic rings. The van der Waals surface area contributed by atoms with E-state index in [9.17, 15) is 4.79 Å². The highest BCUT2D eigenvalue weighted by Gasteiger charge is 2.29. The van der Waals surface area contributed by atoms with E-state index in [1.54, 1.807) is 6.92 Å². The van der Waals surface area contributed by atoms with E-state index in [1.165, 1.54) is 38.6 Å². The lowest BCUT2D eigenvalue weighted by atomic mass is 9.89. The normalized spacial score (nSPS) is 19.9. The second-order valence-electron chi connectivity index (χ2n) is 6.51. The summed E-state index contributed by atoms with van der Waals surface area (Å²) in [4.78, 5) is 14.1. The van der Waals surface area contributed by atoms with E-state index < -0.39 is 5.54 Å². The van der Waals surface area contributed by atoms with Gasteiger partial charge in [0, 0.05) is 6.54 Å².